The summed E-state index contributed by atoms with van der Waals surface area (Å²) in [6.45, 7) is 5.19. The smallest absolute Gasteiger partial charge is 0.0874 e. The molecule has 2 nitrogen and oxygen atoms in total. The maximum absolute atomic E-state index is 5.77. The maximum Gasteiger partial charge on any atom is 0.0874 e. The number of nitrogens with one attached hydrogen (secondary N) is 1. The summed E-state index contributed by atoms with van der Waals surface area (Å²) >= 11 is 1.75. The van der Waals surface area contributed by atoms with Gasteiger partial charge in [-0.05, 0) is 35.4 Å². The second-order valence-corrected chi connectivity index (χ2v) is 4.48. The molecule has 0 radical (unpaired) electrons. The predicted molar refractivity (Wildman–Crippen MR) is 59.7 cm³/mol. The number of rotatable bonds is 4. The van der Waals surface area contributed by atoms with Crippen LogP contribution in [0.4, 0.5) is 0 Å². The molecule has 0 amide bonds. The predicted octanol–water partition coefficient (Wildman–Crippen LogP) is 2.44. The van der Waals surface area contributed by atoms with Crippen molar-refractivity contribution in [1.82, 2.24) is 5.32 Å². The van der Waals surface area contributed by atoms with Gasteiger partial charge in [0.15, 0.2) is 0 Å². The van der Waals surface area contributed by atoms with E-state index < -0.39 is 0 Å². The number of ether oxygens (including phenoxy) is 1. The fourth-order valence-corrected chi connectivity index (χ4v) is 2.66. The molecule has 1 saturated heterocycles. The quantitative estimate of drug-likeness (QED) is 0.826. The highest BCUT2D eigenvalue weighted by molar-refractivity contribution is 7.07. The van der Waals surface area contributed by atoms with Crippen LogP contribution in [0.3, 0.4) is 0 Å². The van der Waals surface area contributed by atoms with Gasteiger partial charge in [-0.15, -0.1) is 0 Å². The lowest BCUT2D eigenvalue weighted by Gasteiger charge is -2.17. The zero-order valence-electron chi connectivity index (χ0n) is 8.53. The van der Waals surface area contributed by atoms with E-state index in [1.807, 2.05) is 0 Å². The van der Waals surface area contributed by atoms with Gasteiger partial charge in [0, 0.05) is 19.1 Å². The van der Waals surface area contributed by atoms with Gasteiger partial charge in [-0.3, -0.25) is 0 Å². The SMILES string of the molecule is CCNCC1CCOC1c1ccsc1. The Morgan fingerprint density at radius 1 is 1.64 bits per heavy atom. The van der Waals surface area contributed by atoms with Crippen LogP contribution in [0.25, 0.3) is 0 Å². The third kappa shape index (κ3) is 2.16. The molecule has 1 aromatic rings. The molecule has 2 atom stereocenters. The molecule has 1 aromatic heterocycles. The molecule has 2 heterocycles. The zero-order chi connectivity index (χ0) is 9.80. The fourth-order valence-electron chi connectivity index (χ4n) is 1.98. The first-order valence-corrected chi connectivity index (χ1v) is 6.20. The van der Waals surface area contributed by atoms with E-state index >= 15 is 0 Å². The number of hydrogen-bond donors (Lipinski definition) is 1. The van der Waals surface area contributed by atoms with Crippen molar-refractivity contribution < 1.29 is 4.74 Å². The Hall–Kier alpha value is -0.380. The van der Waals surface area contributed by atoms with Crippen molar-refractivity contribution in [3.05, 3.63) is 22.4 Å². The summed E-state index contributed by atoms with van der Waals surface area (Å²) < 4.78 is 5.77. The Labute approximate surface area is 89.3 Å². The average Bonchev–Trinajstić information content (AvgIpc) is 2.84. The lowest BCUT2D eigenvalue weighted by molar-refractivity contribution is 0.0910. The summed E-state index contributed by atoms with van der Waals surface area (Å²) in [5.74, 6) is 0.657. The molecule has 1 fully saturated rings. The normalized spacial score (nSPS) is 26.9. The van der Waals surface area contributed by atoms with Gasteiger partial charge in [0.25, 0.3) is 0 Å². The minimum absolute atomic E-state index is 0.334. The topological polar surface area (TPSA) is 21.3 Å². The first-order valence-electron chi connectivity index (χ1n) is 5.26. The molecule has 14 heavy (non-hydrogen) atoms. The summed E-state index contributed by atoms with van der Waals surface area (Å²) in [6.07, 6.45) is 1.52. The highest BCUT2D eigenvalue weighted by Gasteiger charge is 2.29. The summed E-state index contributed by atoms with van der Waals surface area (Å²) in [4.78, 5) is 0. The zero-order valence-corrected chi connectivity index (χ0v) is 9.35. The molecule has 0 saturated carbocycles. The molecule has 0 spiro atoms. The van der Waals surface area contributed by atoms with Crippen LogP contribution >= 0.6 is 11.3 Å². The van der Waals surface area contributed by atoms with E-state index in [4.69, 9.17) is 4.74 Å². The van der Waals surface area contributed by atoms with Gasteiger partial charge in [-0.2, -0.15) is 11.3 Å². The van der Waals surface area contributed by atoms with Crippen molar-refractivity contribution >= 4 is 11.3 Å². The van der Waals surface area contributed by atoms with Crippen molar-refractivity contribution in [1.29, 1.82) is 0 Å². The van der Waals surface area contributed by atoms with E-state index in [0.717, 1.165) is 19.7 Å². The van der Waals surface area contributed by atoms with Gasteiger partial charge >= 0.3 is 0 Å². The molecular formula is C11H17NOS. The lowest BCUT2D eigenvalue weighted by atomic mass is 9.97. The molecule has 1 aliphatic rings. The standard InChI is InChI=1S/C11H17NOS/c1-2-12-7-9-3-5-13-11(9)10-4-6-14-8-10/h4,6,8-9,11-12H,2-3,5,7H2,1H3. The molecule has 0 aromatic carbocycles. The van der Waals surface area contributed by atoms with Gasteiger partial charge in [0.05, 0.1) is 6.10 Å². The monoisotopic (exact) mass is 211 g/mol. The number of thiophene rings is 1. The van der Waals surface area contributed by atoms with Crippen molar-refractivity contribution in [3.63, 3.8) is 0 Å². The van der Waals surface area contributed by atoms with E-state index in [9.17, 15) is 0 Å². The molecule has 1 N–H and O–H groups in total. The van der Waals surface area contributed by atoms with Gasteiger partial charge in [0.1, 0.15) is 0 Å². The minimum atomic E-state index is 0.334. The second-order valence-electron chi connectivity index (χ2n) is 3.70. The summed E-state index contributed by atoms with van der Waals surface area (Å²) in [5, 5.41) is 7.74. The molecular weight excluding hydrogens is 194 g/mol. The summed E-state index contributed by atoms with van der Waals surface area (Å²) in [5.41, 5.74) is 1.36. The van der Waals surface area contributed by atoms with E-state index in [1.54, 1.807) is 11.3 Å². The Balaban J connectivity index is 1.97. The third-order valence-corrected chi connectivity index (χ3v) is 3.44. The van der Waals surface area contributed by atoms with E-state index in [-0.39, 0.29) is 0 Å². The molecule has 2 rings (SSSR count). The van der Waals surface area contributed by atoms with Crippen LogP contribution in [0.2, 0.25) is 0 Å². The number of hydrogen-bond acceptors (Lipinski definition) is 3. The van der Waals surface area contributed by atoms with Crippen LogP contribution in [-0.4, -0.2) is 19.7 Å². The Kier molecular flexibility index (Phi) is 3.56. The first kappa shape index (κ1) is 10.1. The third-order valence-electron chi connectivity index (χ3n) is 2.74. The second kappa shape index (κ2) is 4.91. The molecule has 1 aliphatic heterocycles. The summed E-state index contributed by atoms with van der Waals surface area (Å²) in [6, 6.07) is 2.18. The van der Waals surface area contributed by atoms with Crippen LogP contribution < -0.4 is 5.32 Å². The van der Waals surface area contributed by atoms with E-state index in [2.05, 4.69) is 29.1 Å². The van der Waals surface area contributed by atoms with Crippen molar-refractivity contribution in [2.45, 2.75) is 19.4 Å². The van der Waals surface area contributed by atoms with Gasteiger partial charge < -0.3 is 10.1 Å². The van der Waals surface area contributed by atoms with Gasteiger partial charge in [-0.25, -0.2) is 0 Å². The highest BCUT2D eigenvalue weighted by Crippen LogP contribution is 2.34. The van der Waals surface area contributed by atoms with Crippen molar-refractivity contribution in [2.75, 3.05) is 19.7 Å². The molecule has 0 bridgehead atoms. The summed E-state index contributed by atoms with van der Waals surface area (Å²) in [7, 11) is 0. The average molecular weight is 211 g/mol. The van der Waals surface area contributed by atoms with Crippen molar-refractivity contribution in [3.8, 4) is 0 Å². The van der Waals surface area contributed by atoms with Crippen LogP contribution in [-0.2, 0) is 4.74 Å². The Morgan fingerprint density at radius 2 is 2.57 bits per heavy atom. The molecule has 0 aliphatic carbocycles. The van der Waals surface area contributed by atoms with Crippen LogP contribution in [0.5, 0.6) is 0 Å². The van der Waals surface area contributed by atoms with E-state index in [0.29, 0.717) is 12.0 Å². The molecule has 2 unspecified atom stereocenters. The van der Waals surface area contributed by atoms with Crippen LogP contribution in [0, 0.1) is 5.92 Å². The van der Waals surface area contributed by atoms with Crippen LogP contribution in [0.1, 0.15) is 25.0 Å². The maximum atomic E-state index is 5.77. The molecule has 3 heteroatoms. The Bertz CT molecular complexity index is 260. The van der Waals surface area contributed by atoms with Gasteiger partial charge in [0.2, 0.25) is 0 Å². The minimum Gasteiger partial charge on any atom is -0.373 e. The van der Waals surface area contributed by atoms with E-state index in [1.165, 1.54) is 12.0 Å². The Morgan fingerprint density at radius 3 is 3.29 bits per heavy atom. The largest absolute Gasteiger partial charge is 0.373 e. The fraction of sp³-hybridized carbons (Fsp3) is 0.636. The van der Waals surface area contributed by atoms with Gasteiger partial charge in [-0.1, -0.05) is 6.92 Å². The van der Waals surface area contributed by atoms with Crippen LogP contribution in [0.15, 0.2) is 16.8 Å². The molecule has 78 valence electrons. The first-order chi connectivity index (χ1) is 6.92. The van der Waals surface area contributed by atoms with Crippen molar-refractivity contribution in [2.24, 2.45) is 5.92 Å². The highest BCUT2D eigenvalue weighted by atomic mass is 32.1. The lowest BCUT2D eigenvalue weighted by Crippen LogP contribution is -2.24.